The fourth-order valence-corrected chi connectivity index (χ4v) is 1.65. The van der Waals surface area contributed by atoms with Crippen LogP contribution in [0.15, 0.2) is 29.4 Å². The Labute approximate surface area is 107 Å². The molecule has 0 aromatic heterocycles. The molecule has 2 rings (SSSR count). The summed E-state index contributed by atoms with van der Waals surface area (Å²) in [6.07, 6.45) is 0.0629. The van der Waals surface area contributed by atoms with Gasteiger partial charge in [0.25, 0.3) is 5.69 Å². The molecule has 1 N–H and O–H groups in total. The Morgan fingerprint density at radius 1 is 1.42 bits per heavy atom. The van der Waals surface area contributed by atoms with Gasteiger partial charge >= 0.3 is 5.97 Å². The second kappa shape index (κ2) is 4.84. The molecule has 0 unspecified atom stereocenters. The van der Waals surface area contributed by atoms with Crippen LogP contribution in [0, 0.1) is 10.1 Å². The van der Waals surface area contributed by atoms with Crippen LogP contribution in [-0.4, -0.2) is 27.6 Å². The number of carboxylic acid groups (broad SMARTS) is 1. The quantitative estimate of drug-likeness (QED) is 0.649. The summed E-state index contributed by atoms with van der Waals surface area (Å²) in [4.78, 5) is 32.6. The van der Waals surface area contributed by atoms with E-state index in [0.29, 0.717) is 0 Å². The summed E-state index contributed by atoms with van der Waals surface area (Å²) in [7, 11) is 0. The molecule has 1 aromatic rings. The van der Waals surface area contributed by atoms with E-state index in [1.54, 1.807) is 0 Å². The van der Waals surface area contributed by atoms with Gasteiger partial charge in [-0.25, -0.2) is 4.79 Å². The van der Waals surface area contributed by atoms with Crippen molar-refractivity contribution in [1.29, 1.82) is 0 Å². The fourth-order valence-electron chi connectivity index (χ4n) is 1.65. The van der Waals surface area contributed by atoms with Crippen LogP contribution in [0.3, 0.4) is 0 Å². The van der Waals surface area contributed by atoms with Gasteiger partial charge < -0.3 is 5.11 Å². The number of carbonyl (C=O) groups is 2. The summed E-state index contributed by atoms with van der Waals surface area (Å²) < 4.78 is 0. The van der Waals surface area contributed by atoms with Crippen LogP contribution in [0.2, 0.25) is 0 Å². The molecule has 0 spiro atoms. The number of anilines is 1. The summed E-state index contributed by atoms with van der Waals surface area (Å²) >= 11 is 0. The van der Waals surface area contributed by atoms with Crippen molar-refractivity contribution in [2.45, 2.75) is 12.8 Å². The van der Waals surface area contributed by atoms with Crippen molar-refractivity contribution in [3.05, 3.63) is 34.4 Å². The number of hydrazone groups is 1. The normalized spacial score (nSPS) is 15.1. The minimum atomic E-state index is -1.21. The molecule has 1 aliphatic rings. The molecule has 1 amide bonds. The van der Waals surface area contributed by atoms with Crippen molar-refractivity contribution >= 4 is 29.0 Å². The molecule has 98 valence electrons. The van der Waals surface area contributed by atoms with E-state index in [1.165, 1.54) is 24.3 Å². The maximum Gasteiger partial charge on any atom is 0.352 e. The predicted molar refractivity (Wildman–Crippen MR) is 64.9 cm³/mol. The lowest BCUT2D eigenvalue weighted by Crippen LogP contribution is -2.34. The average Bonchev–Trinajstić information content (AvgIpc) is 2.39. The highest BCUT2D eigenvalue weighted by atomic mass is 16.6. The number of carbonyl (C=O) groups excluding carboxylic acids is 1. The molecule has 0 radical (unpaired) electrons. The second-order valence-corrected chi connectivity index (χ2v) is 3.83. The molecule has 1 aliphatic heterocycles. The van der Waals surface area contributed by atoms with E-state index in [4.69, 9.17) is 5.11 Å². The standard InChI is InChI=1S/C11H9N3O5/c15-10-5-4-9(11(16)17)12-13(10)7-2-1-3-8(6-7)14(18)19/h1-3,6H,4-5H2,(H,16,17). The summed E-state index contributed by atoms with van der Waals surface area (Å²) in [5.74, 6) is -1.60. The molecule has 0 saturated carbocycles. The highest BCUT2D eigenvalue weighted by Gasteiger charge is 2.26. The number of benzene rings is 1. The monoisotopic (exact) mass is 263 g/mol. The van der Waals surface area contributed by atoms with Crippen LogP contribution in [0.25, 0.3) is 0 Å². The zero-order valence-corrected chi connectivity index (χ0v) is 9.65. The molecular formula is C11H9N3O5. The van der Waals surface area contributed by atoms with E-state index in [0.717, 1.165) is 5.01 Å². The Bertz CT molecular complexity index is 596. The summed E-state index contributed by atoms with van der Waals surface area (Å²) in [5, 5.41) is 24.1. The third kappa shape index (κ3) is 2.57. The van der Waals surface area contributed by atoms with Gasteiger partial charge in [0.05, 0.1) is 10.6 Å². The largest absolute Gasteiger partial charge is 0.477 e. The van der Waals surface area contributed by atoms with E-state index in [1.807, 2.05) is 0 Å². The molecule has 0 fully saturated rings. The van der Waals surface area contributed by atoms with Crippen LogP contribution in [0.5, 0.6) is 0 Å². The number of hydrogen-bond donors (Lipinski definition) is 1. The number of rotatable bonds is 3. The lowest BCUT2D eigenvalue weighted by atomic mass is 10.1. The summed E-state index contributed by atoms with van der Waals surface area (Å²) in [6.45, 7) is 0. The summed E-state index contributed by atoms with van der Waals surface area (Å²) in [6, 6.07) is 5.32. The van der Waals surface area contributed by atoms with Crippen LogP contribution < -0.4 is 5.01 Å². The van der Waals surface area contributed by atoms with Gasteiger partial charge in [0.1, 0.15) is 5.71 Å². The number of nitro groups is 1. The van der Waals surface area contributed by atoms with Gasteiger partial charge in [0, 0.05) is 25.0 Å². The Morgan fingerprint density at radius 2 is 2.16 bits per heavy atom. The van der Waals surface area contributed by atoms with E-state index < -0.39 is 16.8 Å². The first-order valence-electron chi connectivity index (χ1n) is 5.37. The first-order chi connectivity index (χ1) is 8.99. The highest BCUT2D eigenvalue weighted by Crippen LogP contribution is 2.24. The van der Waals surface area contributed by atoms with Crippen molar-refractivity contribution in [3.63, 3.8) is 0 Å². The molecule has 0 bridgehead atoms. The lowest BCUT2D eigenvalue weighted by molar-refractivity contribution is -0.384. The molecule has 8 heteroatoms. The Balaban J connectivity index is 2.41. The molecule has 1 heterocycles. The number of nitrogens with zero attached hydrogens (tertiary/aromatic N) is 3. The van der Waals surface area contributed by atoms with E-state index in [9.17, 15) is 19.7 Å². The summed E-state index contributed by atoms with van der Waals surface area (Å²) in [5.41, 5.74) is -0.160. The van der Waals surface area contributed by atoms with Gasteiger partial charge in [0.2, 0.25) is 5.91 Å². The van der Waals surface area contributed by atoms with Crippen molar-refractivity contribution in [2.24, 2.45) is 5.10 Å². The minimum absolute atomic E-state index is 0.00776. The van der Waals surface area contributed by atoms with E-state index in [2.05, 4.69) is 5.10 Å². The van der Waals surface area contributed by atoms with Crippen molar-refractivity contribution in [2.75, 3.05) is 5.01 Å². The third-order valence-electron chi connectivity index (χ3n) is 2.56. The van der Waals surface area contributed by atoms with Crippen molar-refractivity contribution in [3.8, 4) is 0 Å². The average molecular weight is 263 g/mol. The second-order valence-electron chi connectivity index (χ2n) is 3.83. The highest BCUT2D eigenvalue weighted by molar-refractivity contribution is 6.37. The first kappa shape index (κ1) is 12.7. The minimum Gasteiger partial charge on any atom is -0.477 e. The number of hydrogen-bond acceptors (Lipinski definition) is 5. The van der Waals surface area contributed by atoms with Gasteiger partial charge in [-0.15, -0.1) is 0 Å². The van der Waals surface area contributed by atoms with Gasteiger partial charge in [-0.3, -0.25) is 14.9 Å². The number of amides is 1. The molecular weight excluding hydrogens is 254 g/mol. The Hall–Kier alpha value is -2.77. The zero-order chi connectivity index (χ0) is 14.0. The molecule has 0 saturated heterocycles. The maximum atomic E-state index is 11.7. The third-order valence-corrected chi connectivity index (χ3v) is 2.56. The lowest BCUT2D eigenvalue weighted by Gasteiger charge is -2.21. The van der Waals surface area contributed by atoms with Crippen LogP contribution in [-0.2, 0) is 9.59 Å². The Morgan fingerprint density at radius 3 is 2.79 bits per heavy atom. The predicted octanol–water partition coefficient (Wildman–Crippen LogP) is 1.16. The number of aliphatic carboxylic acids is 1. The van der Waals surface area contributed by atoms with Crippen LogP contribution >= 0.6 is 0 Å². The van der Waals surface area contributed by atoms with Gasteiger partial charge in [-0.2, -0.15) is 10.1 Å². The van der Waals surface area contributed by atoms with E-state index in [-0.39, 0.29) is 29.9 Å². The number of nitro benzene ring substituents is 1. The van der Waals surface area contributed by atoms with Crippen LogP contribution in [0.4, 0.5) is 11.4 Å². The van der Waals surface area contributed by atoms with Gasteiger partial charge in [0.15, 0.2) is 0 Å². The van der Waals surface area contributed by atoms with Crippen molar-refractivity contribution < 1.29 is 19.6 Å². The van der Waals surface area contributed by atoms with E-state index >= 15 is 0 Å². The zero-order valence-electron chi connectivity index (χ0n) is 9.65. The maximum absolute atomic E-state index is 11.7. The number of carboxylic acids is 1. The van der Waals surface area contributed by atoms with Crippen molar-refractivity contribution in [1.82, 2.24) is 0 Å². The van der Waals surface area contributed by atoms with Crippen LogP contribution in [0.1, 0.15) is 12.8 Å². The fraction of sp³-hybridized carbons (Fsp3) is 0.182. The SMILES string of the molecule is O=C(O)C1=NN(c2cccc([N+](=O)[O-])c2)C(=O)CC1. The first-order valence-corrected chi connectivity index (χ1v) is 5.37. The smallest absolute Gasteiger partial charge is 0.352 e. The number of non-ortho nitro benzene ring substituents is 1. The Kier molecular flexibility index (Phi) is 3.23. The molecule has 8 nitrogen and oxygen atoms in total. The molecule has 0 atom stereocenters. The van der Waals surface area contributed by atoms with Gasteiger partial charge in [-0.1, -0.05) is 6.07 Å². The molecule has 1 aromatic carbocycles. The van der Waals surface area contributed by atoms with Gasteiger partial charge in [-0.05, 0) is 6.07 Å². The molecule has 19 heavy (non-hydrogen) atoms. The molecule has 0 aliphatic carbocycles. The topological polar surface area (TPSA) is 113 Å².